The van der Waals surface area contributed by atoms with E-state index in [9.17, 15) is 8.42 Å². The van der Waals surface area contributed by atoms with Crippen molar-refractivity contribution >= 4 is 9.84 Å². The van der Waals surface area contributed by atoms with Crippen LogP contribution in [-0.4, -0.2) is 38.0 Å². The van der Waals surface area contributed by atoms with Crippen LogP contribution < -0.4 is 0 Å². The summed E-state index contributed by atoms with van der Waals surface area (Å²) in [7, 11) is -3.19. The van der Waals surface area contributed by atoms with Gasteiger partial charge in [-0.1, -0.05) is 29.4 Å². The van der Waals surface area contributed by atoms with E-state index in [0.29, 0.717) is 19.0 Å². The second-order valence-electron chi connectivity index (χ2n) is 4.78. The van der Waals surface area contributed by atoms with Crippen LogP contribution in [0.1, 0.15) is 17.7 Å². The molecule has 0 amide bonds. The van der Waals surface area contributed by atoms with E-state index in [1.54, 1.807) is 0 Å². The molecule has 0 saturated carbocycles. The second-order valence-corrected chi connectivity index (χ2v) is 6.92. The van der Waals surface area contributed by atoms with Gasteiger partial charge in [0.15, 0.2) is 16.1 Å². The Morgan fingerprint density at radius 1 is 1.19 bits per heavy atom. The number of rotatable bonds is 4. The first-order valence-electron chi connectivity index (χ1n) is 6.35. The largest absolute Gasteiger partial charge is 0.346 e. The van der Waals surface area contributed by atoms with Crippen LogP contribution in [0.15, 0.2) is 28.8 Å². The number of ether oxygens (including phenoxy) is 2. The quantitative estimate of drug-likeness (QED) is 0.841. The highest BCUT2D eigenvalue weighted by Gasteiger charge is 2.19. The van der Waals surface area contributed by atoms with Crippen molar-refractivity contribution in [1.82, 2.24) is 10.1 Å². The average Bonchev–Trinajstić information content (AvgIpc) is 3.08. The summed E-state index contributed by atoms with van der Waals surface area (Å²) < 4.78 is 38.1. The molecule has 3 rings (SSSR count). The predicted octanol–water partition coefficient (Wildman–Crippen LogP) is 1.33. The van der Waals surface area contributed by atoms with Gasteiger partial charge in [0.1, 0.15) is 5.75 Å². The van der Waals surface area contributed by atoms with Crippen LogP contribution in [0.5, 0.6) is 0 Å². The van der Waals surface area contributed by atoms with Crippen molar-refractivity contribution in [3.05, 3.63) is 35.7 Å². The highest BCUT2D eigenvalue weighted by Crippen LogP contribution is 2.25. The van der Waals surface area contributed by atoms with Gasteiger partial charge in [0.25, 0.3) is 0 Å². The van der Waals surface area contributed by atoms with Crippen molar-refractivity contribution in [3.63, 3.8) is 0 Å². The molecule has 7 nitrogen and oxygen atoms in total. The normalized spacial score (nSPS) is 16.4. The number of nitrogens with zero attached hydrogens (tertiary/aromatic N) is 2. The Labute approximate surface area is 121 Å². The zero-order valence-electron chi connectivity index (χ0n) is 11.4. The molecule has 0 bridgehead atoms. The molecule has 2 aromatic rings. The van der Waals surface area contributed by atoms with Crippen LogP contribution in [0.4, 0.5) is 0 Å². The first-order chi connectivity index (χ1) is 10.0. The van der Waals surface area contributed by atoms with Crippen LogP contribution in [0.25, 0.3) is 11.4 Å². The van der Waals surface area contributed by atoms with E-state index in [0.717, 1.165) is 17.4 Å². The lowest BCUT2D eigenvalue weighted by Gasteiger charge is -2.08. The van der Waals surface area contributed by atoms with E-state index >= 15 is 0 Å². The van der Waals surface area contributed by atoms with Crippen LogP contribution in [0.3, 0.4) is 0 Å². The van der Waals surface area contributed by atoms with E-state index in [1.807, 2.05) is 24.3 Å². The fourth-order valence-electron chi connectivity index (χ4n) is 2.00. The molecular formula is C13H14N2O5S. The van der Waals surface area contributed by atoms with E-state index in [2.05, 4.69) is 10.1 Å². The molecule has 0 unspecified atom stereocenters. The second kappa shape index (κ2) is 5.55. The molecule has 1 aliphatic rings. The third kappa shape index (κ3) is 3.46. The van der Waals surface area contributed by atoms with Gasteiger partial charge in [-0.05, 0) is 0 Å². The summed E-state index contributed by atoms with van der Waals surface area (Å²) in [6, 6.07) is 7.35. The molecule has 1 aromatic carbocycles. The average molecular weight is 310 g/mol. The lowest BCUT2D eigenvalue weighted by molar-refractivity contribution is -0.0441. The molecule has 0 aliphatic carbocycles. The van der Waals surface area contributed by atoms with Crippen molar-refractivity contribution in [2.75, 3.05) is 19.5 Å². The maximum atomic E-state index is 11.2. The lowest BCUT2D eigenvalue weighted by Crippen LogP contribution is -2.00. The molecule has 1 fully saturated rings. The lowest BCUT2D eigenvalue weighted by atomic mass is 10.1. The smallest absolute Gasteiger partial charge is 0.242 e. The molecule has 112 valence electrons. The van der Waals surface area contributed by atoms with E-state index in [-0.39, 0.29) is 17.9 Å². The fourth-order valence-corrected chi connectivity index (χ4v) is 2.56. The van der Waals surface area contributed by atoms with Gasteiger partial charge in [0.2, 0.25) is 11.7 Å². The van der Waals surface area contributed by atoms with Crippen molar-refractivity contribution in [2.45, 2.75) is 12.0 Å². The number of benzene rings is 1. The molecule has 0 radical (unpaired) electrons. The highest BCUT2D eigenvalue weighted by molar-refractivity contribution is 7.89. The molecular weight excluding hydrogens is 296 g/mol. The third-order valence-corrected chi connectivity index (χ3v) is 3.69. The summed E-state index contributed by atoms with van der Waals surface area (Å²) in [4.78, 5) is 4.07. The summed E-state index contributed by atoms with van der Waals surface area (Å²) in [5.74, 6) is 0.175. The minimum absolute atomic E-state index is 0.0824. The number of sulfone groups is 1. The molecule has 1 saturated heterocycles. The molecule has 1 aromatic heterocycles. The first kappa shape index (κ1) is 14.2. The van der Waals surface area contributed by atoms with Crippen LogP contribution in [-0.2, 0) is 25.1 Å². The minimum Gasteiger partial charge on any atom is -0.346 e. The van der Waals surface area contributed by atoms with Gasteiger partial charge in [0, 0.05) is 17.4 Å². The molecule has 1 aliphatic heterocycles. The third-order valence-electron chi connectivity index (χ3n) is 2.92. The monoisotopic (exact) mass is 310 g/mol. The standard InChI is InChI=1S/C13H14N2O5S/c1-21(16,17)8-11-14-12(15-20-11)9-2-4-10(5-3-9)13-18-6-7-19-13/h2-5,13H,6-8H2,1H3. The number of hydrogen-bond donors (Lipinski definition) is 0. The Hall–Kier alpha value is -1.77. The predicted molar refractivity (Wildman–Crippen MR) is 72.9 cm³/mol. The Balaban J connectivity index is 1.77. The summed E-state index contributed by atoms with van der Waals surface area (Å²) in [5.41, 5.74) is 1.65. The Morgan fingerprint density at radius 2 is 1.86 bits per heavy atom. The van der Waals surface area contributed by atoms with Gasteiger partial charge in [-0.25, -0.2) is 8.42 Å². The SMILES string of the molecule is CS(=O)(=O)Cc1nc(-c2ccc(C3OCCO3)cc2)no1. The molecule has 0 N–H and O–H groups in total. The van der Waals surface area contributed by atoms with Gasteiger partial charge in [0.05, 0.1) is 13.2 Å². The summed E-state index contributed by atoms with van der Waals surface area (Å²) in [6.45, 7) is 1.18. The first-order valence-corrected chi connectivity index (χ1v) is 8.41. The molecule has 8 heteroatoms. The fraction of sp³-hybridized carbons (Fsp3) is 0.385. The van der Waals surface area contributed by atoms with Gasteiger partial charge in [-0.3, -0.25) is 0 Å². The van der Waals surface area contributed by atoms with Crippen LogP contribution in [0.2, 0.25) is 0 Å². The van der Waals surface area contributed by atoms with Gasteiger partial charge < -0.3 is 14.0 Å². The summed E-state index contributed by atoms with van der Waals surface area (Å²) in [5, 5.41) is 3.78. The van der Waals surface area contributed by atoms with Crippen molar-refractivity contribution in [1.29, 1.82) is 0 Å². The van der Waals surface area contributed by atoms with Gasteiger partial charge in [-0.15, -0.1) is 0 Å². The van der Waals surface area contributed by atoms with Crippen molar-refractivity contribution < 1.29 is 22.4 Å². The van der Waals surface area contributed by atoms with E-state index in [4.69, 9.17) is 14.0 Å². The maximum absolute atomic E-state index is 11.2. The molecule has 21 heavy (non-hydrogen) atoms. The summed E-state index contributed by atoms with van der Waals surface area (Å²) >= 11 is 0. The van der Waals surface area contributed by atoms with Gasteiger partial charge >= 0.3 is 0 Å². The van der Waals surface area contributed by atoms with E-state index in [1.165, 1.54) is 0 Å². The number of hydrogen-bond acceptors (Lipinski definition) is 7. The van der Waals surface area contributed by atoms with Crippen molar-refractivity contribution in [3.8, 4) is 11.4 Å². The Bertz CT molecular complexity index is 717. The maximum Gasteiger partial charge on any atom is 0.242 e. The zero-order chi connectivity index (χ0) is 14.9. The Kier molecular flexibility index (Phi) is 3.75. The zero-order valence-corrected chi connectivity index (χ0v) is 12.2. The van der Waals surface area contributed by atoms with Crippen LogP contribution in [0, 0.1) is 0 Å². The topological polar surface area (TPSA) is 91.5 Å². The molecule has 2 heterocycles. The van der Waals surface area contributed by atoms with Crippen molar-refractivity contribution in [2.24, 2.45) is 0 Å². The highest BCUT2D eigenvalue weighted by atomic mass is 32.2. The summed E-state index contributed by atoms with van der Waals surface area (Å²) in [6.07, 6.45) is 0.790. The van der Waals surface area contributed by atoms with E-state index < -0.39 is 9.84 Å². The molecule has 0 atom stereocenters. The van der Waals surface area contributed by atoms with Crippen LogP contribution >= 0.6 is 0 Å². The molecule has 0 spiro atoms. The van der Waals surface area contributed by atoms with Gasteiger partial charge in [-0.2, -0.15) is 4.98 Å². The minimum atomic E-state index is -3.19. The Morgan fingerprint density at radius 3 is 2.48 bits per heavy atom. The number of aromatic nitrogens is 2.